The number of anilines is 1. The summed E-state index contributed by atoms with van der Waals surface area (Å²) in [6.07, 6.45) is 0. The second-order valence-electron chi connectivity index (χ2n) is 7.08. The minimum Gasteiger partial charge on any atom is -0.494 e. The van der Waals surface area contributed by atoms with Gasteiger partial charge in [0.2, 0.25) is 0 Å². The molecule has 3 aromatic rings. The van der Waals surface area contributed by atoms with Crippen molar-refractivity contribution in [2.45, 2.75) is 0 Å². The molecule has 1 aliphatic heterocycles. The summed E-state index contributed by atoms with van der Waals surface area (Å²) in [5.41, 5.74) is 0.933. The number of amides is 1. The molecule has 1 aliphatic rings. The molecule has 4 rings (SSSR count). The Kier molecular flexibility index (Phi) is 6.66. The van der Waals surface area contributed by atoms with E-state index in [0.29, 0.717) is 12.3 Å². The van der Waals surface area contributed by atoms with Crippen molar-refractivity contribution in [2.75, 3.05) is 57.9 Å². The summed E-state index contributed by atoms with van der Waals surface area (Å²) in [5.74, 6) is 1.43. The number of carbonyl (C=O) groups is 1. The smallest absolute Gasteiger partial charge is 0.257 e. The summed E-state index contributed by atoms with van der Waals surface area (Å²) >= 11 is 1.71. The number of hydrogen-bond donors (Lipinski definition) is 1. The van der Waals surface area contributed by atoms with Gasteiger partial charge >= 0.3 is 0 Å². The molecule has 1 fully saturated rings. The lowest BCUT2D eigenvalue weighted by atomic mass is 10.3. The van der Waals surface area contributed by atoms with Gasteiger partial charge in [-0.25, -0.2) is 4.98 Å². The number of ether oxygens (including phenoxy) is 2. The first-order chi connectivity index (χ1) is 14.7. The number of rotatable bonds is 8. The molecule has 7 nitrogen and oxygen atoms in total. The van der Waals surface area contributed by atoms with Gasteiger partial charge in [-0.15, -0.1) is 0 Å². The maximum atomic E-state index is 12.0. The van der Waals surface area contributed by atoms with Crippen LogP contribution in [-0.4, -0.2) is 68.8 Å². The van der Waals surface area contributed by atoms with Crippen molar-refractivity contribution in [2.24, 2.45) is 0 Å². The van der Waals surface area contributed by atoms with Crippen molar-refractivity contribution in [3.8, 4) is 11.5 Å². The Hall–Kier alpha value is -2.84. The molecule has 0 atom stereocenters. The van der Waals surface area contributed by atoms with Crippen molar-refractivity contribution >= 4 is 32.6 Å². The van der Waals surface area contributed by atoms with E-state index < -0.39 is 0 Å². The zero-order valence-corrected chi connectivity index (χ0v) is 17.9. The Bertz CT molecular complexity index is 971. The normalized spacial score (nSPS) is 14.6. The lowest BCUT2D eigenvalue weighted by Gasteiger charge is -2.34. The maximum absolute atomic E-state index is 12.0. The van der Waals surface area contributed by atoms with Crippen LogP contribution < -0.4 is 19.7 Å². The number of hydrogen-bond acceptors (Lipinski definition) is 7. The summed E-state index contributed by atoms with van der Waals surface area (Å²) in [6, 6.07) is 15.4. The average molecular weight is 427 g/mol. The van der Waals surface area contributed by atoms with Crippen LogP contribution in [0.25, 0.3) is 10.2 Å². The van der Waals surface area contributed by atoms with Gasteiger partial charge in [0.15, 0.2) is 11.7 Å². The van der Waals surface area contributed by atoms with E-state index in [1.54, 1.807) is 18.4 Å². The van der Waals surface area contributed by atoms with E-state index >= 15 is 0 Å². The molecule has 1 amide bonds. The first-order valence-electron chi connectivity index (χ1n) is 10.1. The number of piperazine rings is 1. The maximum Gasteiger partial charge on any atom is 0.257 e. The van der Waals surface area contributed by atoms with Crippen LogP contribution in [0, 0.1) is 0 Å². The SMILES string of the molecule is COc1cccc2sc(N3CCN(CCNC(=O)COc4ccccc4)CC3)nc12. The van der Waals surface area contributed by atoms with Crippen molar-refractivity contribution in [1.29, 1.82) is 0 Å². The lowest BCUT2D eigenvalue weighted by Crippen LogP contribution is -2.48. The summed E-state index contributed by atoms with van der Waals surface area (Å²) in [7, 11) is 1.68. The number of thiazole rings is 1. The topological polar surface area (TPSA) is 66.9 Å². The molecule has 1 saturated heterocycles. The van der Waals surface area contributed by atoms with Gasteiger partial charge in [0.1, 0.15) is 17.0 Å². The Morgan fingerprint density at radius 3 is 2.67 bits per heavy atom. The van der Waals surface area contributed by atoms with Crippen molar-refractivity contribution in [1.82, 2.24) is 15.2 Å². The van der Waals surface area contributed by atoms with E-state index in [1.807, 2.05) is 42.5 Å². The molecule has 1 aromatic heterocycles. The van der Waals surface area contributed by atoms with Crippen molar-refractivity contribution < 1.29 is 14.3 Å². The summed E-state index contributed by atoms with van der Waals surface area (Å²) in [6.45, 7) is 5.24. The molecule has 8 heteroatoms. The van der Waals surface area contributed by atoms with Crippen LogP contribution in [0.4, 0.5) is 5.13 Å². The third kappa shape index (κ3) is 5.01. The van der Waals surface area contributed by atoms with E-state index in [0.717, 1.165) is 53.8 Å². The molecule has 0 aliphatic carbocycles. The molecule has 0 spiro atoms. The fourth-order valence-corrected chi connectivity index (χ4v) is 4.48. The van der Waals surface area contributed by atoms with Crippen molar-refractivity contribution in [3.63, 3.8) is 0 Å². The second-order valence-corrected chi connectivity index (χ2v) is 8.09. The molecular formula is C22H26N4O3S. The van der Waals surface area contributed by atoms with E-state index in [-0.39, 0.29) is 12.5 Å². The average Bonchev–Trinajstić information content (AvgIpc) is 3.23. The molecule has 30 heavy (non-hydrogen) atoms. The van der Waals surface area contributed by atoms with Crippen LogP contribution in [0.1, 0.15) is 0 Å². The van der Waals surface area contributed by atoms with Gasteiger partial charge in [0, 0.05) is 39.3 Å². The predicted octanol–water partition coefficient (Wildman–Crippen LogP) is 2.62. The minimum absolute atomic E-state index is 0.0405. The fourth-order valence-electron chi connectivity index (χ4n) is 3.44. The molecule has 0 bridgehead atoms. The van der Waals surface area contributed by atoms with Crippen LogP contribution in [0.2, 0.25) is 0 Å². The Morgan fingerprint density at radius 2 is 1.90 bits per heavy atom. The number of para-hydroxylation sites is 2. The lowest BCUT2D eigenvalue weighted by molar-refractivity contribution is -0.123. The van der Waals surface area contributed by atoms with Gasteiger partial charge in [0.25, 0.3) is 5.91 Å². The zero-order valence-electron chi connectivity index (χ0n) is 17.0. The summed E-state index contributed by atoms with van der Waals surface area (Å²) in [4.78, 5) is 21.4. The molecule has 0 saturated carbocycles. The molecule has 2 aromatic carbocycles. The Labute approximate surface area is 180 Å². The number of fused-ring (bicyclic) bond motifs is 1. The van der Waals surface area contributed by atoms with Gasteiger partial charge in [-0.3, -0.25) is 9.69 Å². The van der Waals surface area contributed by atoms with Gasteiger partial charge < -0.3 is 19.7 Å². The second kappa shape index (κ2) is 9.77. The number of aromatic nitrogens is 1. The minimum atomic E-state index is -0.0964. The number of methoxy groups -OCH3 is 1. The number of nitrogens with zero attached hydrogens (tertiary/aromatic N) is 3. The van der Waals surface area contributed by atoms with Crippen LogP contribution in [0.5, 0.6) is 11.5 Å². The third-order valence-electron chi connectivity index (χ3n) is 5.10. The molecule has 2 heterocycles. The highest BCUT2D eigenvalue weighted by atomic mass is 32.1. The first-order valence-corrected chi connectivity index (χ1v) is 10.9. The van der Waals surface area contributed by atoms with Gasteiger partial charge in [-0.1, -0.05) is 35.6 Å². The summed E-state index contributed by atoms with van der Waals surface area (Å²) in [5, 5.41) is 3.97. The first kappa shape index (κ1) is 20.4. The van der Waals surface area contributed by atoms with Crippen LogP contribution in [0.3, 0.4) is 0 Å². The monoisotopic (exact) mass is 426 g/mol. The Balaban J connectivity index is 1.19. The van der Waals surface area contributed by atoms with Gasteiger partial charge in [0.05, 0.1) is 11.8 Å². The highest BCUT2D eigenvalue weighted by Crippen LogP contribution is 2.34. The highest BCUT2D eigenvalue weighted by Gasteiger charge is 2.20. The Morgan fingerprint density at radius 1 is 1.10 bits per heavy atom. The molecular weight excluding hydrogens is 400 g/mol. The molecule has 158 valence electrons. The van der Waals surface area contributed by atoms with E-state index in [4.69, 9.17) is 14.5 Å². The fraction of sp³-hybridized carbons (Fsp3) is 0.364. The van der Waals surface area contributed by atoms with E-state index in [2.05, 4.69) is 21.2 Å². The van der Waals surface area contributed by atoms with Crippen molar-refractivity contribution in [3.05, 3.63) is 48.5 Å². The van der Waals surface area contributed by atoms with Crippen LogP contribution in [0.15, 0.2) is 48.5 Å². The van der Waals surface area contributed by atoms with Gasteiger partial charge in [-0.05, 0) is 24.3 Å². The zero-order chi connectivity index (χ0) is 20.8. The molecule has 0 radical (unpaired) electrons. The van der Waals surface area contributed by atoms with Gasteiger partial charge in [-0.2, -0.15) is 0 Å². The predicted molar refractivity (Wildman–Crippen MR) is 120 cm³/mol. The molecule has 0 unspecified atom stereocenters. The number of benzene rings is 2. The quantitative estimate of drug-likeness (QED) is 0.597. The van der Waals surface area contributed by atoms with Crippen LogP contribution >= 0.6 is 11.3 Å². The molecule has 1 N–H and O–H groups in total. The standard InChI is InChI=1S/C22H26N4O3S/c1-28-18-8-5-9-19-21(18)24-22(30-19)26-14-12-25(13-15-26)11-10-23-20(27)16-29-17-6-3-2-4-7-17/h2-9H,10-16H2,1H3,(H,23,27). The van der Waals surface area contributed by atoms with E-state index in [1.165, 1.54) is 0 Å². The van der Waals surface area contributed by atoms with Crippen LogP contribution in [-0.2, 0) is 4.79 Å². The highest BCUT2D eigenvalue weighted by molar-refractivity contribution is 7.22. The van der Waals surface area contributed by atoms with E-state index in [9.17, 15) is 4.79 Å². The summed E-state index contributed by atoms with van der Waals surface area (Å²) < 4.78 is 12.0. The largest absolute Gasteiger partial charge is 0.494 e. The number of nitrogens with one attached hydrogen (secondary N) is 1. The number of carbonyl (C=O) groups excluding carboxylic acids is 1. The third-order valence-corrected chi connectivity index (χ3v) is 6.18.